The zero-order chi connectivity index (χ0) is 13.1. The van der Waals surface area contributed by atoms with Crippen LogP contribution < -0.4 is 61.0 Å². The van der Waals surface area contributed by atoms with Crippen LogP contribution in [0.1, 0.15) is 0 Å². The van der Waals surface area contributed by atoms with E-state index in [9.17, 15) is 12.9 Å². The number of ether oxygens (including phenoxy) is 1. The molecule has 0 spiro atoms. The summed E-state index contributed by atoms with van der Waals surface area (Å²) in [4.78, 5) is 1.50. The van der Waals surface area contributed by atoms with Crippen LogP contribution in [0.5, 0.6) is 5.75 Å². The van der Waals surface area contributed by atoms with Crippen LogP contribution in [0.15, 0.2) is 36.3 Å². The van der Waals surface area contributed by atoms with Crippen molar-refractivity contribution in [2.24, 2.45) is 0 Å². The Morgan fingerprint density at radius 3 is 2.17 bits per heavy atom. The maximum absolute atomic E-state index is 12.4. The summed E-state index contributed by atoms with van der Waals surface area (Å²) < 4.78 is 42.1. The van der Waals surface area contributed by atoms with Crippen molar-refractivity contribution in [2.75, 3.05) is 25.6 Å². The molecule has 0 aliphatic rings. The number of likely N-dealkylation sites (N-methyl/N-ethyl adjacent to an activating group) is 1. The molecule has 94 valence electrons. The maximum Gasteiger partial charge on any atom is 1.00 e. The van der Waals surface area contributed by atoms with Gasteiger partial charge in [0.25, 0.3) is 0 Å². The predicted molar refractivity (Wildman–Crippen MR) is 64.5 cm³/mol. The van der Waals surface area contributed by atoms with E-state index in [1.54, 1.807) is 31.3 Å². The topological polar surface area (TPSA) is 12.5 Å². The summed E-state index contributed by atoms with van der Waals surface area (Å²) >= 11 is 0. The first-order valence-corrected chi connectivity index (χ1v) is 5.07. The van der Waals surface area contributed by atoms with Gasteiger partial charge >= 0.3 is 58.4 Å². The van der Waals surface area contributed by atoms with Crippen LogP contribution in [-0.2, 0) is 0 Å². The molecule has 0 saturated heterocycles. The number of anilines is 1. The van der Waals surface area contributed by atoms with E-state index < -0.39 is 12.4 Å². The molecule has 0 fully saturated rings. The second-order valence-electron chi connectivity index (χ2n) is 3.79. The fraction of sp³-hybridized carbons (Fsp3) is 0.273. The maximum atomic E-state index is 12.4. The van der Waals surface area contributed by atoms with Gasteiger partial charge in [-0.15, -0.1) is 12.1 Å². The number of hydrogen-bond donors (Lipinski definition) is 0. The van der Waals surface area contributed by atoms with Crippen molar-refractivity contribution in [1.29, 1.82) is 0 Å². The molecule has 1 aromatic rings. The molecule has 0 aromatic heterocycles. The minimum atomic E-state index is -4.97. The van der Waals surface area contributed by atoms with Gasteiger partial charge in [0.1, 0.15) is 5.75 Å². The van der Waals surface area contributed by atoms with Gasteiger partial charge in [0.05, 0.1) is 7.11 Å². The van der Waals surface area contributed by atoms with E-state index in [-0.39, 0.29) is 57.9 Å². The molecule has 0 radical (unpaired) electrons. The number of hydrogen-bond acceptors (Lipinski definition) is 2. The number of methoxy groups -OCH3 is 1. The average Bonchev–Trinajstić information content (AvgIpc) is 2.27. The zero-order valence-corrected chi connectivity index (χ0v) is 13.9. The van der Waals surface area contributed by atoms with Crippen LogP contribution in [0.4, 0.5) is 18.6 Å². The number of benzene rings is 1. The van der Waals surface area contributed by atoms with Crippen molar-refractivity contribution in [1.82, 2.24) is 0 Å². The smallest absolute Gasteiger partial charge is 0.497 e. The van der Waals surface area contributed by atoms with Crippen LogP contribution in [0.2, 0.25) is 0 Å². The second kappa shape index (κ2) is 7.59. The summed E-state index contributed by atoms with van der Waals surface area (Å²) in [5, 5.41) is 0. The molecule has 0 amide bonds. The Morgan fingerprint density at radius 2 is 1.78 bits per heavy atom. The molecule has 1 aromatic carbocycles. The molecule has 0 aliphatic heterocycles. The van der Waals surface area contributed by atoms with Gasteiger partial charge in [-0.25, -0.2) is 0 Å². The standard InChI is InChI=1S/C11H14BF3NO.K/c1-9(12(13,14)15)8-16(2)10-4-6-11(17-3)7-5-10;/h4-7H,1,8H2,2-3H3;/q-1;+1. The van der Waals surface area contributed by atoms with Gasteiger partial charge in [-0.1, -0.05) is 0 Å². The fourth-order valence-corrected chi connectivity index (χ4v) is 1.34. The predicted octanol–water partition coefficient (Wildman–Crippen LogP) is 0.0782. The van der Waals surface area contributed by atoms with Crippen LogP contribution in [-0.4, -0.2) is 27.7 Å². The van der Waals surface area contributed by atoms with Gasteiger partial charge in [0, 0.05) is 19.3 Å². The van der Waals surface area contributed by atoms with Crippen LogP contribution in [0.25, 0.3) is 0 Å². The van der Waals surface area contributed by atoms with Crippen molar-refractivity contribution >= 4 is 12.7 Å². The van der Waals surface area contributed by atoms with Gasteiger partial charge < -0.3 is 22.6 Å². The van der Waals surface area contributed by atoms with Crippen LogP contribution >= 0.6 is 0 Å². The molecule has 0 saturated carbocycles. The summed E-state index contributed by atoms with van der Waals surface area (Å²) in [6.45, 7) is -2.14. The Kier molecular flexibility index (Phi) is 7.62. The molecule has 0 atom stereocenters. The third-order valence-electron chi connectivity index (χ3n) is 2.42. The van der Waals surface area contributed by atoms with E-state index in [1.165, 1.54) is 12.0 Å². The van der Waals surface area contributed by atoms with Crippen LogP contribution in [0.3, 0.4) is 0 Å². The van der Waals surface area contributed by atoms with Crippen molar-refractivity contribution in [3.05, 3.63) is 36.3 Å². The molecule has 0 bridgehead atoms. The quantitative estimate of drug-likeness (QED) is 0.710. The van der Waals surface area contributed by atoms with Crippen molar-refractivity contribution < 1.29 is 69.1 Å². The van der Waals surface area contributed by atoms with E-state index in [0.717, 1.165) is 0 Å². The van der Waals surface area contributed by atoms with Gasteiger partial charge in [-0.3, -0.25) is 0 Å². The minimum Gasteiger partial charge on any atom is -0.497 e. The zero-order valence-electron chi connectivity index (χ0n) is 10.8. The molecule has 18 heavy (non-hydrogen) atoms. The Morgan fingerprint density at radius 1 is 1.28 bits per heavy atom. The molecule has 0 heterocycles. The summed E-state index contributed by atoms with van der Waals surface area (Å²) in [7, 11) is 3.13. The normalized spacial score (nSPS) is 10.5. The summed E-state index contributed by atoms with van der Waals surface area (Å²) in [6.07, 6.45) is 0. The van der Waals surface area contributed by atoms with Gasteiger partial charge in [0.2, 0.25) is 0 Å². The molecular weight excluding hydrogens is 269 g/mol. The van der Waals surface area contributed by atoms with E-state index in [0.29, 0.717) is 11.4 Å². The van der Waals surface area contributed by atoms with Crippen molar-refractivity contribution in [3.63, 3.8) is 0 Å². The minimum absolute atomic E-state index is 0. The number of halogens is 3. The number of nitrogens with zero attached hydrogens (tertiary/aromatic N) is 1. The Hall–Kier alpha value is 0.0513. The molecule has 0 aliphatic carbocycles. The first-order valence-electron chi connectivity index (χ1n) is 5.07. The monoisotopic (exact) mass is 283 g/mol. The SMILES string of the molecule is C=C(CN(C)c1ccc(OC)cc1)[B-](F)(F)F.[K+]. The third kappa shape index (κ3) is 5.36. The average molecular weight is 283 g/mol. The van der Waals surface area contributed by atoms with E-state index >= 15 is 0 Å². The van der Waals surface area contributed by atoms with Crippen molar-refractivity contribution in [2.45, 2.75) is 0 Å². The molecule has 7 heteroatoms. The fourth-order valence-electron chi connectivity index (χ4n) is 1.34. The summed E-state index contributed by atoms with van der Waals surface area (Å²) in [5.41, 5.74) is -0.0182. The first kappa shape index (κ1) is 18.1. The molecule has 0 unspecified atom stereocenters. The van der Waals surface area contributed by atoms with E-state index in [2.05, 4.69) is 6.58 Å². The summed E-state index contributed by atoms with van der Waals surface area (Å²) in [5.74, 6) is 0.668. The first-order chi connectivity index (χ1) is 7.84. The molecular formula is C11H14BF3KNO. The van der Waals surface area contributed by atoms with E-state index in [4.69, 9.17) is 4.74 Å². The number of rotatable bonds is 5. The van der Waals surface area contributed by atoms with Gasteiger partial charge in [-0.05, 0) is 24.3 Å². The van der Waals surface area contributed by atoms with Gasteiger partial charge in [-0.2, -0.15) is 0 Å². The Labute approximate surface area is 148 Å². The largest absolute Gasteiger partial charge is 1.00 e. The van der Waals surface area contributed by atoms with Gasteiger partial charge in [0.15, 0.2) is 0 Å². The third-order valence-corrected chi connectivity index (χ3v) is 2.42. The Bertz CT molecular complexity index is 394. The molecule has 2 nitrogen and oxygen atoms in total. The van der Waals surface area contributed by atoms with Crippen LogP contribution in [0, 0.1) is 0 Å². The molecule has 0 N–H and O–H groups in total. The van der Waals surface area contributed by atoms with Crippen molar-refractivity contribution in [3.8, 4) is 5.75 Å². The molecule has 1 rings (SSSR count). The second-order valence-corrected chi connectivity index (χ2v) is 3.79. The van der Waals surface area contributed by atoms with E-state index in [1.807, 2.05) is 0 Å². The Balaban J connectivity index is 0.00000289. The summed E-state index contributed by atoms with van der Waals surface area (Å²) in [6, 6.07) is 6.81.